The van der Waals surface area contributed by atoms with Crippen molar-refractivity contribution in [3.05, 3.63) is 58.6 Å². The van der Waals surface area contributed by atoms with E-state index in [2.05, 4.69) is 56.5 Å². The van der Waals surface area contributed by atoms with Crippen LogP contribution in [0.5, 0.6) is 0 Å². The van der Waals surface area contributed by atoms with E-state index in [9.17, 15) is 0 Å². The van der Waals surface area contributed by atoms with Gasteiger partial charge in [-0.25, -0.2) is 0 Å². The van der Waals surface area contributed by atoms with E-state index in [1.807, 2.05) is 18.2 Å². The molecule has 0 aromatic heterocycles. The fourth-order valence-electron chi connectivity index (χ4n) is 2.82. The van der Waals surface area contributed by atoms with Crippen LogP contribution in [-0.4, -0.2) is 24.0 Å². The van der Waals surface area contributed by atoms with Gasteiger partial charge in [0.15, 0.2) is 0 Å². The maximum atomic E-state index is 6.05. The average Bonchev–Trinajstić information content (AvgIpc) is 2.90. The Kier molecular flexibility index (Phi) is 4.46. The second-order valence-electron chi connectivity index (χ2n) is 5.58. The summed E-state index contributed by atoms with van der Waals surface area (Å²) in [5.41, 5.74) is 9.26. The van der Waals surface area contributed by atoms with Gasteiger partial charge < -0.3 is 11.1 Å². The molecular weight excluding hydrogens is 326 g/mol. The Morgan fingerprint density at radius 3 is 2.76 bits per heavy atom. The first-order valence-corrected chi connectivity index (χ1v) is 8.08. The van der Waals surface area contributed by atoms with E-state index in [1.54, 1.807) is 0 Å². The largest absolute Gasteiger partial charge is 0.397 e. The van der Waals surface area contributed by atoms with Gasteiger partial charge in [-0.05, 0) is 30.2 Å². The highest BCUT2D eigenvalue weighted by Crippen LogP contribution is 2.25. The lowest BCUT2D eigenvalue weighted by atomic mass is 10.2. The van der Waals surface area contributed by atoms with Gasteiger partial charge >= 0.3 is 0 Å². The Hall–Kier alpha value is -1.52. The molecule has 1 atom stereocenters. The summed E-state index contributed by atoms with van der Waals surface area (Å²) in [6.45, 7) is 3.21. The summed E-state index contributed by atoms with van der Waals surface area (Å²) in [5.74, 6) is 0. The van der Waals surface area contributed by atoms with Crippen molar-refractivity contribution in [3.63, 3.8) is 0 Å². The zero-order valence-electron chi connectivity index (χ0n) is 11.9. The molecule has 1 fully saturated rings. The zero-order chi connectivity index (χ0) is 14.7. The van der Waals surface area contributed by atoms with Crippen LogP contribution in [0, 0.1) is 0 Å². The van der Waals surface area contributed by atoms with Crippen molar-refractivity contribution in [1.82, 2.24) is 4.90 Å². The molecule has 3 N–H and O–H groups in total. The zero-order valence-corrected chi connectivity index (χ0v) is 13.5. The molecule has 3 nitrogen and oxygen atoms in total. The molecule has 1 aliphatic rings. The number of nitrogen functional groups attached to an aromatic ring is 1. The van der Waals surface area contributed by atoms with Crippen LogP contribution in [-0.2, 0) is 6.54 Å². The molecule has 1 unspecified atom stereocenters. The number of nitrogens with zero attached hydrogens (tertiary/aromatic N) is 1. The summed E-state index contributed by atoms with van der Waals surface area (Å²) in [5, 5.41) is 3.56. The Morgan fingerprint density at radius 1 is 1.19 bits per heavy atom. The maximum Gasteiger partial charge on any atom is 0.0577 e. The van der Waals surface area contributed by atoms with E-state index >= 15 is 0 Å². The molecule has 21 heavy (non-hydrogen) atoms. The van der Waals surface area contributed by atoms with Crippen molar-refractivity contribution < 1.29 is 0 Å². The number of nitrogens with one attached hydrogen (secondary N) is 1. The van der Waals surface area contributed by atoms with E-state index in [4.69, 9.17) is 5.73 Å². The highest BCUT2D eigenvalue weighted by Gasteiger charge is 2.22. The number of anilines is 2. The number of halogens is 1. The maximum absolute atomic E-state index is 6.05. The molecule has 110 valence electrons. The molecule has 3 rings (SSSR count). The standard InChI is InChI=1S/C17H20BrN3/c18-14-6-7-17(16(19)10-14)20-15-8-9-21(12-15)11-13-4-2-1-3-5-13/h1-7,10,15,20H,8-9,11-12,19H2. The highest BCUT2D eigenvalue weighted by atomic mass is 79.9. The van der Waals surface area contributed by atoms with Crippen molar-refractivity contribution >= 4 is 27.3 Å². The topological polar surface area (TPSA) is 41.3 Å². The predicted octanol–water partition coefficient (Wildman–Crippen LogP) is 3.72. The van der Waals surface area contributed by atoms with Crippen molar-refractivity contribution in [2.75, 3.05) is 24.1 Å². The fraction of sp³-hybridized carbons (Fsp3) is 0.294. The molecule has 2 aromatic rings. The van der Waals surface area contributed by atoms with E-state index in [0.717, 1.165) is 41.9 Å². The van der Waals surface area contributed by atoms with E-state index in [1.165, 1.54) is 5.56 Å². The highest BCUT2D eigenvalue weighted by molar-refractivity contribution is 9.10. The van der Waals surface area contributed by atoms with Gasteiger partial charge in [-0.2, -0.15) is 0 Å². The second-order valence-corrected chi connectivity index (χ2v) is 6.50. The Balaban J connectivity index is 1.57. The summed E-state index contributed by atoms with van der Waals surface area (Å²) in [4.78, 5) is 2.49. The van der Waals surface area contributed by atoms with Gasteiger partial charge in [0, 0.05) is 30.1 Å². The van der Waals surface area contributed by atoms with Crippen LogP contribution in [0.1, 0.15) is 12.0 Å². The molecule has 0 spiro atoms. The normalized spacial score (nSPS) is 18.8. The summed E-state index contributed by atoms with van der Waals surface area (Å²) in [6, 6.07) is 17.1. The number of hydrogen-bond donors (Lipinski definition) is 2. The lowest BCUT2D eigenvalue weighted by Gasteiger charge is -2.18. The van der Waals surface area contributed by atoms with Crippen LogP contribution in [0.3, 0.4) is 0 Å². The third-order valence-electron chi connectivity index (χ3n) is 3.89. The van der Waals surface area contributed by atoms with Gasteiger partial charge in [-0.3, -0.25) is 4.90 Å². The molecule has 0 amide bonds. The van der Waals surface area contributed by atoms with Gasteiger partial charge in [-0.15, -0.1) is 0 Å². The summed E-state index contributed by atoms with van der Waals surface area (Å²) in [6.07, 6.45) is 1.16. The number of likely N-dealkylation sites (tertiary alicyclic amines) is 1. The lowest BCUT2D eigenvalue weighted by Crippen LogP contribution is -2.26. The first-order chi connectivity index (χ1) is 10.2. The predicted molar refractivity (Wildman–Crippen MR) is 92.3 cm³/mol. The molecule has 1 aliphatic heterocycles. The smallest absolute Gasteiger partial charge is 0.0577 e. The van der Waals surface area contributed by atoms with Gasteiger partial charge in [0.1, 0.15) is 0 Å². The molecule has 0 bridgehead atoms. The lowest BCUT2D eigenvalue weighted by molar-refractivity contribution is 0.328. The third-order valence-corrected chi connectivity index (χ3v) is 4.39. The van der Waals surface area contributed by atoms with Crippen molar-refractivity contribution in [1.29, 1.82) is 0 Å². The minimum absolute atomic E-state index is 0.470. The van der Waals surface area contributed by atoms with Gasteiger partial charge in [0.2, 0.25) is 0 Å². The van der Waals surface area contributed by atoms with Crippen molar-refractivity contribution in [2.24, 2.45) is 0 Å². The second kappa shape index (κ2) is 6.50. The van der Waals surface area contributed by atoms with Crippen LogP contribution in [0.15, 0.2) is 53.0 Å². The molecule has 1 saturated heterocycles. The molecule has 4 heteroatoms. The monoisotopic (exact) mass is 345 g/mol. The number of benzene rings is 2. The van der Waals surface area contributed by atoms with Gasteiger partial charge in [-0.1, -0.05) is 46.3 Å². The minimum Gasteiger partial charge on any atom is -0.397 e. The molecule has 2 aromatic carbocycles. The van der Waals surface area contributed by atoms with Crippen molar-refractivity contribution in [2.45, 2.75) is 19.0 Å². The Bertz CT molecular complexity index is 600. The van der Waals surface area contributed by atoms with Gasteiger partial charge in [0.25, 0.3) is 0 Å². The molecule has 0 aliphatic carbocycles. The minimum atomic E-state index is 0.470. The van der Waals surface area contributed by atoms with E-state index in [-0.39, 0.29) is 0 Å². The van der Waals surface area contributed by atoms with Crippen LogP contribution < -0.4 is 11.1 Å². The molecule has 0 saturated carbocycles. The molecule has 0 radical (unpaired) electrons. The molecular formula is C17H20BrN3. The quantitative estimate of drug-likeness (QED) is 0.829. The molecule has 1 heterocycles. The van der Waals surface area contributed by atoms with Crippen LogP contribution in [0.25, 0.3) is 0 Å². The van der Waals surface area contributed by atoms with Crippen LogP contribution in [0.2, 0.25) is 0 Å². The van der Waals surface area contributed by atoms with Crippen LogP contribution >= 0.6 is 15.9 Å². The van der Waals surface area contributed by atoms with Crippen molar-refractivity contribution in [3.8, 4) is 0 Å². The summed E-state index contributed by atoms with van der Waals surface area (Å²) < 4.78 is 1.02. The summed E-state index contributed by atoms with van der Waals surface area (Å²) in [7, 11) is 0. The Morgan fingerprint density at radius 2 is 2.00 bits per heavy atom. The number of nitrogens with two attached hydrogens (primary N) is 1. The first kappa shape index (κ1) is 14.4. The van der Waals surface area contributed by atoms with E-state index in [0.29, 0.717) is 6.04 Å². The summed E-state index contributed by atoms with van der Waals surface area (Å²) >= 11 is 3.44. The average molecular weight is 346 g/mol. The van der Waals surface area contributed by atoms with E-state index < -0.39 is 0 Å². The number of rotatable bonds is 4. The Labute approximate surface area is 134 Å². The fourth-order valence-corrected chi connectivity index (χ4v) is 3.20. The first-order valence-electron chi connectivity index (χ1n) is 7.28. The number of hydrogen-bond acceptors (Lipinski definition) is 3. The van der Waals surface area contributed by atoms with Crippen LogP contribution in [0.4, 0.5) is 11.4 Å². The third kappa shape index (κ3) is 3.77. The SMILES string of the molecule is Nc1cc(Br)ccc1NC1CCN(Cc2ccccc2)C1. The van der Waals surface area contributed by atoms with Gasteiger partial charge in [0.05, 0.1) is 11.4 Å².